The molecule has 3 aromatic heterocycles. The van der Waals surface area contributed by atoms with Gasteiger partial charge in [-0.25, -0.2) is 13.8 Å². The van der Waals surface area contributed by atoms with Gasteiger partial charge in [0.05, 0.1) is 18.9 Å². The number of carbonyl (C=O) groups excluding carboxylic acids is 2. The molecule has 2 amide bonds. The second-order valence-electron chi connectivity index (χ2n) is 10.0. The molecule has 40 heavy (non-hydrogen) atoms. The van der Waals surface area contributed by atoms with Crippen LogP contribution in [0.15, 0.2) is 24.5 Å². The van der Waals surface area contributed by atoms with Crippen molar-refractivity contribution in [3.05, 3.63) is 40.8 Å². The Balaban J connectivity index is 1.38. The molecular weight excluding hydrogens is 540 g/mol. The summed E-state index contributed by atoms with van der Waals surface area (Å²) in [5.41, 5.74) is -0.449. The van der Waals surface area contributed by atoms with Crippen molar-refractivity contribution in [3.8, 4) is 28.7 Å². The Bertz CT molecular complexity index is 1560. The molecule has 3 aliphatic rings. The van der Waals surface area contributed by atoms with Crippen molar-refractivity contribution >= 4 is 34.1 Å². The molecular formula is C27H25F2N7O3S. The molecule has 0 atom stereocenters. The van der Waals surface area contributed by atoms with E-state index in [4.69, 9.17) is 4.74 Å². The molecule has 0 aromatic carbocycles. The molecule has 206 valence electrons. The second kappa shape index (κ2) is 10.2. The number of carbonyl (C=O) groups is 2. The molecule has 0 bridgehead atoms. The van der Waals surface area contributed by atoms with Crippen LogP contribution in [-0.2, 0) is 4.79 Å². The van der Waals surface area contributed by atoms with Crippen LogP contribution < -0.4 is 15.0 Å². The predicted molar refractivity (Wildman–Crippen MR) is 143 cm³/mol. The lowest BCUT2D eigenvalue weighted by molar-refractivity contribution is -0.126. The number of halogens is 2. The molecule has 13 heteroatoms. The van der Waals surface area contributed by atoms with Crippen LogP contribution in [0.1, 0.15) is 53.2 Å². The highest BCUT2D eigenvalue weighted by molar-refractivity contribution is 7.15. The number of pyridine rings is 2. The number of aromatic nitrogens is 4. The molecule has 2 saturated carbocycles. The maximum atomic E-state index is 13.6. The van der Waals surface area contributed by atoms with Crippen LogP contribution in [-0.4, -0.2) is 69.7 Å². The van der Waals surface area contributed by atoms with E-state index in [1.807, 2.05) is 7.05 Å². The van der Waals surface area contributed by atoms with Gasteiger partial charge in [0.2, 0.25) is 11.0 Å². The minimum Gasteiger partial charge on any atom is -0.494 e. The molecule has 1 spiro atoms. The number of ether oxygens (including phenoxy) is 1. The average molecular weight is 566 g/mol. The number of hydrogen-bond donors (Lipinski definition) is 1. The summed E-state index contributed by atoms with van der Waals surface area (Å²) >= 11 is 1.13. The van der Waals surface area contributed by atoms with Crippen molar-refractivity contribution in [2.24, 2.45) is 5.92 Å². The summed E-state index contributed by atoms with van der Waals surface area (Å²) in [4.78, 5) is 38.8. The second-order valence-corrected chi connectivity index (χ2v) is 11.0. The van der Waals surface area contributed by atoms with Gasteiger partial charge < -0.3 is 4.74 Å². The largest absolute Gasteiger partial charge is 0.494 e. The van der Waals surface area contributed by atoms with Gasteiger partial charge in [-0.15, -0.1) is 10.2 Å². The molecule has 10 nitrogen and oxygen atoms in total. The van der Waals surface area contributed by atoms with Crippen LogP contribution in [0.25, 0.3) is 11.1 Å². The van der Waals surface area contributed by atoms with E-state index in [2.05, 4.69) is 42.2 Å². The van der Waals surface area contributed by atoms with Crippen molar-refractivity contribution in [2.75, 3.05) is 37.5 Å². The summed E-state index contributed by atoms with van der Waals surface area (Å²) in [6.45, 7) is 1.06. The van der Waals surface area contributed by atoms with E-state index < -0.39 is 23.6 Å². The SMILES string of the molecule is COc1cnc(C(F)F)cc1-c1cc(N2CCN(C)C3(CC3)C2=O)ncc1C(=O)Nc1nnc(C#CC2CC2)s1. The number of hydrogen-bond acceptors (Lipinski definition) is 9. The van der Waals surface area contributed by atoms with Gasteiger partial charge in [0.25, 0.3) is 12.3 Å². The third-order valence-corrected chi connectivity index (χ3v) is 8.15. The molecule has 3 aromatic rings. The smallest absolute Gasteiger partial charge is 0.280 e. The Labute approximate surface area is 232 Å². The lowest BCUT2D eigenvalue weighted by Gasteiger charge is -2.38. The van der Waals surface area contributed by atoms with Gasteiger partial charge in [-0.2, -0.15) is 0 Å². The number of alkyl halides is 2. The minimum absolute atomic E-state index is 0.0689. The number of amides is 2. The summed E-state index contributed by atoms with van der Waals surface area (Å²) in [6.07, 6.45) is 3.36. The highest BCUT2D eigenvalue weighted by Gasteiger charge is 2.57. The van der Waals surface area contributed by atoms with Gasteiger partial charge in [0, 0.05) is 36.3 Å². The molecule has 0 radical (unpaired) electrons. The van der Waals surface area contributed by atoms with E-state index in [1.165, 1.54) is 25.6 Å². The lowest BCUT2D eigenvalue weighted by Crippen LogP contribution is -2.57. The van der Waals surface area contributed by atoms with Gasteiger partial charge in [-0.1, -0.05) is 17.3 Å². The first-order valence-electron chi connectivity index (χ1n) is 12.8. The maximum Gasteiger partial charge on any atom is 0.280 e. The molecule has 0 unspecified atom stereocenters. The molecule has 1 aliphatic heterocycles. The quantitative estimate of drug-likeness (QED) is 0.450. The third-order valence-electron chi connectivity index (χ3n) is 7.40. The summed E-state index contributed by atoms with van der Waals surface area (Å²) in [5, 5.41) is 11.5. The van der Waals surface area contributed by atoms with Gasteiger partial charge in [0.15, 0.2) is 5.01 Å². The fourth-order valence-corrected chi connectivity index (χ4v) is 5.34. The first-order chi connectivity index (χ1) is 19.3. The summed E-state index contributed by atoms with van der Waals surface area (Å²) in [7, 11) is 3.31. The fraction of sp³-hybridized carbons (Fsp3) is 0.407. The number of nitrogens with zero attached hydrogens (tertiary/aromatic N) is 6. The number of rotatable bonds is 6. The monoisotopic (exact) mass is 565 g/mol. The van der Waals surface area contributed by atoms with Crippen LogP contribution in [0.4, 0.5) is 19.7 Å². The van der Waals surface area contributed by atoms with E-state index in [0.717, 1.165) is 37.0 Å². The number of methoxy groups -OCH3 is 1. The van der Waals surface area contributed by atoms with Gasteiger partial charge in [0.1, 0.15) is 22.8 Å². The highest BCUT2D eigenvalue weighted by atomic mass is 32.1. The average Bonchev–Trinajstić information content (AvgIpc) is 3.89. The van der Waals surface area contributed by atoms with Crippen LogP contribution >= 0.6 is 11.3 Å². The minimum atomic E-state index is -2.84. The Morgan fingerprint density at radius 1 is 1.18 bits per heavy atom. The van der Waals surface area contributed by atoms with E-state index in [0.29, 0.717) is 29.8 Å². The molecule has 3 fully saturated rings. The number of piperazine rings is 1. The van der Waals surface area contributed by atoms with E-state index >= 15 is 0 Å². The normalized spacial score (nSPS) is 18.0. The molecule has 6 rings (SSSR count). The zero-order valence-corrected chi connectivity index (χ0v) is 22.6. The van der Waals surface area contributed by atoms with Crippen LogP contribution in [0.2, 0.25) is 0 Å². The van der Waals surface area contributed by atoms with Crippen molar-refractivity contribution in [3.63, 3.8) is 0 Å². The van der Waals surface area contributed by atoms with Gasteiger partial charge >= 0.3 is 0 Å². The molecule has 1 N–H and O–H groups in total. The third kappa shape index (κ3) is 4.89. The zero-order valence-electron chi connectivity index (χ0n) is 21.8. The summed E-state index contributed by atoms with van der Waals surface area (Å²) in [6, 6.07) is 2.75. The topological polar surface area (TPSA) is 113 Å². The standard InChI is InChI=1S/C27H25F2N7O3S/c1-35-9-10-36(25(38)27(35)7-8-27)21-12-16(17-11-19(23(28)29)30-14-20(17)39-2)18(13-31-21)24(37)32-26-34-33-22(40-26)6-5-15-3-4-15/h11-15,23H,3-4,7-10H2,1-2H3,(H,32,34,37). The Kier molecular flexibility index (Phi) is 6.67. The van der Waals surface area contributed by atoms with Crippen LogP contribution in [0, 0.1) is 17.8 Å². The fourth-order valence-electron chi connectivity index (χ4n) is 4.74. The molecule has 1 saturated heterocycles. The first kappa shape index (κ1) is 26.2. The molecule has 2 aliphatic carbocycles. The highest BCUT2D eigenvalue weighted by Crippen LogP contribution is 2.45. The number of nitrogens with one attached hydrogen (secondary N) is 1. The Morgan fingerprint density at radius 3 is 2.67 bits per heavy atom. The van der Waals surface area contributed by atoms with Gasteiger partial charge in [-0.05, 0) is 50.8 Å². The molecule has 4 heterocycles. The van der Waals surface area contributed by atoms with Crippen molar-refractivity contribution in [1.82, 2.24) is 25.1 Å². The van der Waals surface area contributed by atoms with E-state index in [-0.39, 0.29) is 33.5 Å². The van der Waals surface area contributed by atoms with Gasteiger partial charge in [-0.3, -0.25) is 29.7 Å². The summed E-state index contributed by atoms with van der Waals surface area (Å²) < 4.78 is 32.7. The van der Waals surface area contributed by atoms with Crippen molar-refractivity contribution < 1.29 is 23.1 Å². The predicted octanol–water partition coefficient (Wildman–Crippen LogP) is 3.77. The van der Waals surface area contributed by atoms with Crippen LogP contribution in [0.5, 0.6) is 5.75 Å². The van der Waals surface area contributed by atoms with Crippen molar-refractivity contribution in [2.45, 2.75) is 37.6 Å². The lowest BCUT2D eigenvalue weighted by atomic mass is 9.99. The van der Waals surface area contributed by atoms with E-state index in [1.54, 1.807) is 11.0 Å². The number of anilines is 2. The maximum absolute atomic E-state index is 13.6. The van der Waals surface area contributed by atoms with Crippen molar-refractivity contribution in [1.29, 1.82) is 0 Å². The zero-order chi connectivity index (χ0) is 28.0. The summed E-state index contributed by atoms with van der Waals surface area (Å²) in [5.74, 6) is 6.33. The Hall–Kier alpha value is -4.02. The van der Waals surface area contributed by atoms with E-state index in [9.17, 15) is 18.4 Å². The Morgan fingerprint density at radius 2 is 1.98 bits per heavy atom. The van der Waals surface area contributed by atoms with Crippen LogP contribution in [0.3, 0.4) is 0 Å². The first-order valence-corrected chi connectivity index (χ1v) is 13.6. The number of likely N-dealkylation sites (N-methyl/N-ethyl adjacent to an activating group) is 1.